The summed E-state index contributed by atoms with van der Waals surface area (Å²) in [6.07, 6.45) is 0. The van der Waals surface area contributed by atoms with E-state index < -0.39 is 20.0 Å². The Bertz CT molecular complexity index is 757. The lowest BCUT2D eigenvalue weighted by Crippen LogP contribution is -2.50. The minimum Gasteiger partial charge on any atom is -0.212 e. The average molecular weight is 387 g/mol. The van der Waals surface area contributed by atoms with E-state index in [0.717, 1.165) is 0 Å². The normalized spacial score (nSPS) is 18.5. The van der Waals surface area contributed by atoms with Crippen molar-refractivity contribution in [2.45, 2.75) is 11.8 Å². The molecule has 1 aliphatic heterocycles. The molecule has 1 saturated heterocycles. The van der Waals surface area contributed by atoms with E-state index in [2.05, 4.69) is 0 Å². The Morgan fingerprint density at radius 3 is 2.09 bits per heavy atom. The molecule has 0 N–H and O–H groups in total. The van der Waals surface area contributed by atoms with Crippen molar-refractivity contribution in [1.82, 2.24) is 8.61 Å². The van der Waals surface area contributed by atoms with Crippen LogP contribution in [0.2, 0.25) is 10.0 Å². The van der Waals surface area contributed by atoms with Crippen LogP contribution in [0.4, 0.5) is 0 Å². The highest BCUT2D eigenvalue weighted by molar-refractivity contribution is 7.89. The minimum atomic E-state index is -3.80. The molecule has 1 aromatic rings. The molecular weight excluding hydrogens is 371 g/mol. The first-order valence-corrected chi connectivity index (χ1v) is 10.4. The average Bonchev–Trinajstić information content (AvgIpc) is 2.49. The number of hydrogen-bond acceptors (Lipinski definition) is 4. The molecule has 0 aromatic heterocycles. The van der Waals surface area contributed by atoms with Gasteiger partial charge in [0.2, 0.25) is 20.0 Å². The van der Waals surface area contributed by atoms with Crippen LogP contribution < -0.4 is 0 Å². The van der Waals surface area contributed by atoms with Gasteiger partial charge in [-0.1, -0.05) is 23.2 Å². The van der Waals surface area contributed by atoms with Crippen molar-refractivity contribution in [3.05, 3.63) is 28.2 Å². The summed E-state index contributed by atoms with van der Waals surface area (Å²) >= 11 is 11.8. The Morgan fingerprint density at radius 1 is 1.00 bits per heavy atom. The van der Waals surface area contributed by atoms with E-state index in [9.17, 15) is 16.8 Å². The van der Waals surface area contributed by atoms with Gasteiger partial charge in [0, 0.05) is 31.2 Å². The number of hydrogen-bond donors (Lipinski definition) is 0. The Balaban J connectivity index is 2.22. The van der Waals surface area contributed by atoms with Crippen molar-refractivity contribution in [3.8, 4) is 0 Å². The van der Waals surface area contributed by atoms with Crippen molar-refractivity contribution in [2.24, 2.45) is 0 Å². The van der Waals surface area contributed by atoms with Gasteiger partial charge in [-0.2, -0.15) is 8.61 Å². The second-order valence-corrected chi connectivity index (χ2v) is 9.79. The molecule has 0 aliphatic carbocycles. The topological polar surface area (TPSA) is 74.8 Å². The van der Waals surface area contributed by atoms with E-state index in [0.29, 0.717) is 0 Å². The molecule has 22 heavy (non-hydrogen) atoms. The molecule has 0 amide bonds. The van der Waals surface area contributed by atoms with Crippen LogP contribution in [-0.2, 0) is 20.0 Å². The maximum absolute atomic E-state index is 12.6. The lowest BCUT2D eigenvalue weighted by Gasteiger charge is -2.33. The number of rotatable bonds is 4. The van der Waals surface area contributed by atoms with E-state index in [1.54, 1.807) is 6.92 Å². The predicted octanol–water partition coefficient (Wildman–Crippen LogP) is 1.65. The fourth-order valence-electron chi connectivity index (χ4n) is 2.18. The number of sulfonamides is 2. The second kappa shape index (κ2) is 6.62. The minimum absolute atomic E-state index is 0.000128. The maximum atomic E-state index is 12.6. The van der Waals surface area contributed by atoms with Crippen LogP contribution in [0.1, 0.15) is 6.92 Å². The van der Waals surface area contributed by atoms with Gasteiger partial charge < -0.3 is 0 Å². The van der Waals surface area contributed by atoms with Gasteiger partial charge >= 0.3 is 0 Å². The smallest absolute Gasteiger partial charge is 0.212 e. The Kier molecular flexibility index (Phi) is 5.41. The largest absolute Gasteiger partial charge is 0.244 e. The first kappa shape index (κ1) is 18.0. The molecule has 10 heteroatoms. The molecule has 1 fully saturated rings. The first-order chi connectivity index (χ1) is 10.2. The monoisotopic (exact) mass is 386 g/mol. The fraction of sp³-hybridized carbons (Fsp3) is 0.500. The molecule has 0 radical (unpaired) electrons. The fourth-order valence-corrected chi connectivity index (χ4v) is 5.43. The molecule has 2 rings (SSSR count). The van der Waals surface area contributed by atoms with Gasteiger partial charge in [-0.05, 0) is 25.1 Å². The van der Waals surface area contributed by atoms with Crippen LogP contribution in [0, 0.1) is 0 Å². The van der Waals surface area contributed by atoms with Crippen molar-refractivity contribution in [1.29, 1.82) is 0 Å². The summed E-state index contributed by atoms with van der Waals surface area (Å²) in [6.45, 7) is 2.00. The standard InChI is InChI=1S/C12H16Cl2N2O4S2/c1-2-21(17,18)15-5-7-16(8-6-15)22(19,20)12-9-10(13)3-4-11(12)14/h3-4,9H,2,5-8H2,1H3. The van der Waals surface area contributed by atoms with E-state index in [1.165, 1.54) is 26.8 Å². The van der Waals surface area contributed by atoms with E-state index in [1.807, 2.05) is 0 Å². The van der Waals surface area contributed by atoms with E-state index >= 15 is 0 Å². The molecule has 124 valence electrons. The van der Waals surface area contributed by atoms with Crippen molar-refractivity contribution < 1.29 is 16.8 Å². The number of benzene rings is 1. The zero-order chi connectivity index (χ0) is 16.5. The van der Waals surface area contributed by atoms with Gasteiger partial charge in [-0.15, -0.1) is 0 Å². The third kappa shape index (κ3) is 3.58. The van der Waals surface area contributed by atoms with Gasteiger partial charge in [-0.25, -0.2) is 16.8 Å². The summed E-state index contributed by atoms with van der Waals surface area (Å²) in [5.74, 6) is -0.000128. The van der Waals surface area contributed by atoms with Gasteiger partial charge in [0.25, 0.3) is 0 Å². The number of piperazine rings is 1. The molecule has 0 spiro atoms. The van der Waals surface area contributed by atoms with Crippen LogP contribution in [0.25, 0.3) is 0 Å². The maximum Gasteiger partial charge on any atom is 0.244 e. The summed E-state index contributed by atoms with van der Waals surface area (Å²) in [5, 5.41) is 0.364. The third-order valence-corrected chi connectivity index (χ3v) is 7.96. The van der Waals surface area contributed by atoms with E-state index in [4.69, 9.17) is 23.2 Å². The third-order valence-electron chi connectivity index (χ3n) is 3.47. The molecule has 1 heterocycles. The van der Waals surface area contributed by atoms with Crippen LogP contribution in [0.15, 0.2) is 23.1 Å². The van der Waals surface area contributed by atoms with Crippen molar-refractivity contribution in [3.63, 3.8) is 0 Å². The first-order valence-electron chi connectivity index (χ1n) is 6.61. The van der Waals surface area contributed by atoms with Gasteiger partial charge in [0.05, 0.1) is 10.8 Å². The summed E-state index contributed by atoms with van der Waals surface area (Å²) in [7, 11) is -7.10. The Hall–Kier alpha value is -0.380. The lowest BCUT2D eigenvalue weighted by atomic mass is 10.4. The molecule has 0 bridgehead atoms. The van der Waals surface area contributed by atoms with Gasteiger partial charge in [-0.3, -0.25) is 0 Å². The molecule has 0 unspecified atom stereocenters. The van der Waals surface area contributed by atoms with Crippen molar-refractivity contribution >= 4 is 43.2 Å². The molecule has 0 saturated carbocycles. The highest BCUT2D eigenvalue weighted by atomic mass is 35.5. The van der Waals surface area contributed by atoms with Crippen LogP contribution in [0.5, 0.6) is 0 Å². The quantitative estimate of drug-likeness (QED) is 0.788. The number of halogens is 2. The second-order valence-electron chi connectivity index (χ2n) is 4.78. The van der Waals surface area contributed by atoms with Crippen LogP contribution >= 0.6 is 23.2 Å². The molecule has 6 nitrogen and oxygen atoms in total. The zero-order valence-corrected chi connectivity index (χ0v) is 15.0. The number of nitrogens with zero attached hydrogens (tertiary/aromatic N) is 2. The van der Waals surface area contributed by atoms with Crippen LogP contribution in [-0.4, -0.2) is 57.4 Å². The summed E-state index contributed by atoms with van der Waals surface area (Å²) in [4.78, 5) is -0.0616. The summed E-state index contributed by atoms with van der Waals surface area (Å²) in [5.41, 5.74) is 0. The van der Waals surface area contributed by atoms with Gasteiger partial charge in [0.1, 0.15) is 4.90 Å². The molecule has 0 atom stereocenters. The summed E-state index contributed by atoms with van der Waals surface area (Å²) < 4.78 is 51.3. The Morgan fingerprint density at radius 2 is 1.55 bits per heavy atom. The molecular formula is C12H16Cl2N2O4S2. The SMILES string of the molecule is CCS(=O)(=O)N1CCN(S(=O)(=O)c2cc(Cl)ccc2Cl)CC1. The van der Waals surface area contributed by atoms with E-state index in [-0.39, 0.29) is 46.9 Å². The van der Waals surface area contributed by atoms with Crippen molar-refractivity contribution in [2.75, 3.05) is 31.9 Å². The lowest BCUT2D eigenvalue weighted by molar-refractivity contribution is 0.273. The van der Waals surface area contributed by atoms with Crippen LogP contribution in [0.3, 0.4) is 0 Å². The Labute approximate surface area is 140 Å². The highest BCUT2D eigenvalue weighted by Gasteiger charge is 2.33. The highest BCUT2D eigenvalue weighted by Crippen LogP contribution is 2.28. The predicted molar refractivity (Wildman–Crippen MR) is 86.3 cm³/mol. The molecule has 1 aromatic carbocycles. The zero-order valence-electron chi connectivity index (χ0n) is 11.9. The molecule has 1 aliphatic rings. The van der Waals surface area contributed by atoms with Gasteiger partial charge in [0.15, 0.2) is 0 Å². The summed E-state index contributed by atoms with van der Waals surface area (Å²) in [6, 6.07) is 4.23.